The molecule has 9 heteroatoms. The molecule has 0 atom stereocenters. The van der Waals surface area contributed by atoms with Crippen molar-refractivity contribution in [3.8, 4) is 28.4 Å². The van der Waals surface area contributed by atoms with Crippen LogP contribution in [0, 0.1) is 0 Å². The number of methoxy groups -OCH3 is 1. The molecule has 1 amide bonds. The van der Waals surface area contributed by atoms with Crippen LogP contribution in [0.25, 0.3) is 11.1 Å². The highest BCUT2D eigenvalue weighted by Crippen LogP contribution is 2.39. The molecular formula is C31H31ClN4O4. The molecule has 4 aromatic rings. The predicted octanol–water partition coefficient (Wildman–Crippen LogP) is 5.11. The SMILES string of the molecule is COc1cc(/C=N/NC(=O)c2ccc(O)c(Cl)c2)cc(-c2ccccc2)c1OCCNCc1ccc(CN)cc1. The van der Waals surface area contributed by atoms with E-state index in [9.17, 15) is 9.90 Å². The predicted molar refractivity (Wildman–Crippen MR) is 158 cm³/mol. The van der Waals surface area contributed by atoms with Crippen LogP contribution < -0.4 is 25.9 Å². The van der Waals surface area contributed by atoms with Crippen LogP contribution in [0.3, 0.4) is 0 Å². The normalized spacial score (nSPS) is 11.0. The molecule has 5 N–H and O–H groups in total. The van der Waals surface area contributed by atoms with Gasteiger partial charge in [0.1, 0.15) is 12.4 Å². The third-order valence-corrected chi connectivity index (χ3v) is 6.39. The van der Waals surface area contributed by atoms with Gasteiger partial charge >= 0.3 is 0 Å². The molecule has 0 radical (unpaired) electrons. The van der Waals surface area contributed by atoms with Crippen molar-refractivity contribution in [3.05, 3.63) is 112 Å². The fourth-order valence-corrected chi connectivity index (χ4v) is 4.14. The zero-order valence-electron chi connectivity index (χ0n) is 22.1. The van der Waals surface area contributed by atoms with Crippen molar-refractivity contribution in [2.24, 2.45) is 10.8 Å². The zero-order chi connectivity index (χ0) is 28.3. The van der Waals surface area contributed by atoms with Crippen LogP contribution in [0.5, 0.6) is 17.2 Å². The lowest BCUT2D eigenvalue weighted by Crippen LogP contribution is -2.21. The van der Waals surface area contributed by atoms with Crippen LogP contribution >= 0.6 is 11.6 Å². The maximum atomic E-state index is 12.4. The molecule has 0 unspecified atom stereocenters. The standard InChI is InChI=1S/C31H31ClN4O4/c1-39-29-16-23(20-35-36-31(38)25-11-12-28(37)27(32)17-25)15-26(24-5-3-2-4-6-24)30(29)40-14-13-34-19-22-9-7-21(18-33)8-10-22/h2-12,15-17,20,34,37H,13-14,18-19,33H2,1H3,(H,36,38)/b35-20+. The summed E-state index contributed by atoms with van der Waals surface area (Å²) in [6.45, 7) is 2.30. The van der Waals surface area contributed by atoms with E-state index in [-0.39, 0.29) is 16.3 Å². The number of rotatable bonds is 12. The second-order valence-electron chi connectivity index (χ2n) is 8.88. The first kappa shape index (κ1) is 28.6. The van der Waals surface area contributed by atoms with Crippen LogP contribution in [0.15, 0.2) is 90.0 Å². The molecule has 4 aromatic carbocycles. The van der Waals surface area contributed by atoms with Gasteiger partial charge in [-0.3, -0.25) is 4.79 Å². The summed E-state index contributed by atoms with van der Waals surface area (Å²) in [6, 6.07) is 25.9. The van der Waals surface area contributed by atoms with Crippen LogP contribution in [-0.2, 0) is 13.1 Å². The molecule has 0 aliphatic rings. The summed E-state index contributed by atoms with van der Waals surface area (Å²) in [4.78, 5) is 12.4. The Morgan fingerprint density at radius 2 is 1.77 bits per heavy atom. The summed E-state index contributed by atoms with van der Waals surface area (Å²) in [5, 5.41) is 17.1. The van der Waals surface area contributed by atoms with Gasteiger partial charge < -0.3 is 25.6 Å². The fraction of sp³-hybridized carbons (Fsp3) is 0.161. The second-order valence-corrected chi connectivity index (χ2v) is 9.28. The summed E-state index contributed by atoms with van der Waals surface area (Å²) in [5.41, 5.74) is 13.2. The molecule has 0 saturated heterocycles. The molecule has 0 aromatic heterocycles. The molecule has 40 heavy (non-hydrogen) atoms. The third kappa shape index (κ3) is 7.60. The minimum Gasteiger partial charge on any atom is -0.506 e. The number of phenolic OH excluding ortho intramolecular Hbond substituents is 1. The quantitative estimate of drug-likeness (QED) is 0.109. The Balaban J connectivity index is 1.46. The van der Waals surface area contributed by atoms with Gasteiger partial charge in [-0.15, -0.1) is 0 Å². The number of halogens is 1. The van der Waals surface area contributed by atoms with Gasteiger partial charge in [0.05, 0.1) is 18.3 Å². The first-order valence-corrected chi connectivity index (χ1v) is 13.1. The molecule has 0 saturated carbocycles. The number of hydrazone groups is 1. The smallest absolute Gasteiger partial charge is 0.271 e. The van der Waals surface area contributed by atoms with Crippen LogP contribution in [0.2, 0.25) is 5.02 Å². The van der Waals surface area contributed by atoms with Crippen LogP contribution in [0.4, 0.5) is 0 Å². The first-order valence-electron chi connectivity index (χ1n) is 12.7. The summed E-state index contributed by atoms with van der Waals surface area (Å²) in [7, 11) is 1.58. The van der Waals surface area contributed by atoms with Gasteiger partial charge in [0.15, 0.2) is 11.5 Å². The maximum Gasteiger partial charge on any atom is 0.271 e. The monoisotopic (exact) mass is 558 g/mol. The largest absolute Gasteiger partial charge is 0.506 e. The molecule has 0 heterocycles. The van der Waals surface area contributed by atoms with Gasteiger partial charge in [0, 0.05) is 30.8 Å². The molecule has 0 spiro atoms. The lowest BCUT2D eigenvalue weighted by Gasteiger charge is -2.17. The van der Waals surface area contributed by atoms with Crippen molar-refractivity contribution >= 4 is 23.7 Å². The van der Waals surface area contributed by atoms with E-state index in [1.54, 1.807) is 13.2 Å². The highest BCUT2D eigenvalue weighted by atomic mass is 35.5. The number of ether oxygens (including phenoxy) is 2. The summed E-state index contributed by atoms with van der Waals surface area (Å²) in [5.74, 6) is 0.591. The van der Waals surface area contributed by atoms with Gasteiger partial charge in [-0.1, -0.05) is 66.2 Å². The van der Waals surface area contributed by atoms with Crippen molar-refractivity contribution in [2.75, 3.05) is 20.3 Å². The molecular weight excluding hydrogens is 528 g/mol. The van der Waals surface area contributed by atoms with Crippen molar-refractivity contribution in [1.29, 1.82) is 0 Å². The summed E-state index contributed by atoms with van der Waals surface area (Å²) < 4.78 is 11.9. The Morgan fingerprint density at radius 3 is 2.48 bits per heavy atom. The van der Waals surface area contributed by atoms with E-state index >= 15 is 0 Å². The van der Waals surface area contributed by atoms with Crippen molar-refractivity contribution in [2.45, 2.75) is 13.1 Å². The number of nitrogens with one attached hydrogen (secondary N) is 2. The van der Waals surface area contributed by atoms with Crippen LogP contribution in [0.1, 0.15) is 27.0 Å². The lowest BCUT2D eigenvalue weighted by molar-refractivity contribution is 0.0955. The van der Waals surface area contributed by atoms with E-state index in [1.807, 2.05) is 48.5 Å². The van der Waals surface area contributed by atoms with Crippen LogP contribution in [-0.4, -0.2) is 37.5 Å². The van der Waals surface area contributed by atoms with Gasteiger partial charge in [-0.05, 0) is 52.6 Å². The minimum absolute atomic E-state index is 0.0841. The van der Waals surface area contributed by atoms with Crippen molar-refractivity contribution in [1.82, 2.24) is 10.7 Å². The molecule has 0 aliphatic carbocycles. The number of carbonyl (C=O) groups excluding carboxylic acids is 1. The number of carbonyl (C=O) groups is 1. The molecule has 0 bridgehead atoms. The number of hydrogen-bond acceptors (Lipinski definition) is 7. The third-order valence-electron chi connectivity index (χ3n) is 6.08. The number of amides is 1. The average molecular weight is 559 g/mol. The van der Waals surface area contributed by atoms with Gasteiger partial charge in [-0.25, -0.2) is 5.43 Å². The number of nitrogens with two attached hydrogens (primary N) is 1. The second kappa shape index (κ2) is 14.1. The van der Waals surface area contributed by atoms with E-state index in [2.05, 4.69) is 28.0 Å². The van der Waals surface area contributed by atoms with Gasteiger partial charge in [-0.2, -0.15) is 5.10 Å². The lowest BCUT2D eigenvalue weighted by atomic mass is 10.0. The number of aromatic hydroxyl groups is 1. The topological polar surface area (TPSA) is 118 Å². The highest BCUT2D eigenvalue weighted by Gasteiger charge is 2.15. The zero-order valence-corrected chi connectivity index (χ0v) is 22.8. The van der Waals surface area contributed by atoms with E-state index in [1.165, 1.54) is 30.0 Å². The average Bonchev–Trinajstić information content (AvgIpc) is 2.99. The van der Waals surface area contributed by atoms with Gasteiger partial charge in [0.25, 0.3) is 5.91 Å². The summed E-state index contributed by atoms with van der Waals surface area (Å²) in [6.07, 6.45) is 1.52. The number of benzene rings is 4. The molecule has 4 rings (SSSR count). The van der Waals surface area contributed by atoms with Crippen molar-refractivity contribution < 1.29 is 19.4 Å². The molecule has 0 fully saturated rings. The summed E-state index contributed by atoms with van der Waals surface area (Å²) >= 11 is 5.90. The van der Waals surface area contributed by atoms with E-state index in [0.29, 0.717) is 43.3 Å². The highest BCUT2D eigenvalue weighted by molar-refractivity contribution is 6.32. The Kier molecular flexibility index (Phi) is 10.1. The Morgan fingerprint density at radius 1 is 1.02 bits per heavy atom. The Hall–Kier alpha value is -4.37. The first-order chi connectivity index (χ1) is 19.5. The van der Waals surface area contributed by atoms with E-state index in [4.69, 9.17) is 26.8 Å². The fourth-order valence-electron chi connectivity index (χ4n) is 3.96. The number of phenols is 1. The molecule has 0 aliphatic heterocycles. The minimum atomic E-state index is -0.462. The molecule has 8 nitrogen and oxygen atoms in total. The van der Waals surface area contributed by atoms with Gasteiger partial charge in [0.2, 0.25) is 0 Å². The molecule has 206 valence electrons. The Labute approximate surface area is 238 Å². The number of hydrogen-bond donors (Lipinski definition) is 4. The van der Waals surface area contributed by atoms with E-state index in [0.717, 1.165) is 16.7 Å². The van der Waals surface area contributed by atoms with Crippen molar-refractivity contribution in [3.63, 3.8) is 0 Å². The Bertz CT molecular complexity index is 1460. The van der Waals surface area contributed by atoms with E-state index < -0.39 is 5.91 Å². The number of nitrogens with zero attached hydrogens (tertiary/aromatic N) is 1. The maximum absolute atomic E-state index is 12.4.